The highest BCUT2D eigenvalue weighted by atomic mass is 16.5. The fourth-order valence-electron chi connectivity index (χ4n) is 4.67. The number of nitrogens with zero attached hydrogens (tertiary/aromatic N) is 2. The van der Waals surface area contributed by atoms with E-state index >= 15 is 0 Å². The lowest BCUT2D eigenvalue weighted by molar-refractivity contribution is -0.122. The van der Waals surface area contributed by atoms with Gasteiger partial charge in [0, 0.05) is 36.5 Å². The molecule has 1 fully saturated rings. The number of aryl methyl sites for hydroxylation is 2. The molecular weight excluding hydrogens is 372 g/mol. The SMILES string of the molecule is CC(=O)C1CCC(Oc2ccc3c(C#N)c(Cc4cccc(C)c4)n(C)c3c2)CC1. The van der Waals surface area contributed by atoms with Crippen LogP contribution in [-0.2, 0) is 18.3 Å². The summed E-state index contributed by atoms with van der Waals surface area (Å²) in [5.74, 6) is 1.33. The van der Waals surface area contributed by atoms with E-state index in [9.17, 15) is 10.1 Å². The van der Waals surface area contributed by atoms with Gasteiger partial charge in [0.2, 0.25) is 0 Å². The van der Waals surface area contributed by atoms with Crippen molar-refractivity contribution in [3.05, 3.63) is 64.8 Å². The van der Waals surface area contributed by atoms with Crippen molar-refractivity contribution in [3.8, 4) is 11.8 Å². The van der Waals surface area contributed by atoms with Crippen molar-refractivity contribution in [2.45, 2.75) is 52.1 Å². The molecule has 1 aliphatic carbocycles. The topological polar surface area (TPSA) is 55.0 Å². The third kappa shape index (κ3) is 3.98. The van der Waals surface area contributed by atoms with Gasteiger partial charge in [-0.3, -0.25) is 4.79 Å². The molecule has 1 aromatic heterocycles. The molecule has 4 heteroatoms. The molecule has 0 radical (unpaired) electrons. The number of hydrogen-bond donors (Lipinski definition) is 0. The second-order valence-electron chi connectivity index (χ2n) is 8.54. The maximum atomic E-state index is 11.6. The minimum atomic E-state index is 0.153. The summed E-state index contributed by atoms with van der Waals surface area (Å²) >= 11 is 0. The fraction of sp³-hybridized carbons (Fsp3) is 0.385. The molecule has 0 spiro atoms. The van der Waals surface area contributed by atoms with E-state index in [4.69, 9.17) is 4.74 Å². The van der Waals surface area contributed by atoms with Gasteiger partial charge in [0.25, 0.3) is 0 Å². The number of carbonyl (C=O) groups is 1. The lowest BCUT2D eigenvalue weighted by Crippen LogP contribution is -2.27. The first-order valence-corrected chi connectivity index (χ1v) is 10.7. The van der Waals surface area contributed by atoms with E-state index in [0.29, 0.717) is 5.78 Å². The van der Waals surface area contributed by atoms with Gasteiger partial charge in [0.05, 0.1) is 17.2 Å². The second kappa shape index (κ2) is 8.36. The summed E-state index contributed by atoms with van der Waals surface area (Å²) in [6, 6.07) is 16.9. The first-order valence-electron chi connectivity index (χ1n) is 10.7. The highest BCUT2D eigenvalue weighted by Crippen LogP contribution is 2.32. The molecule has 0 bridgehead atoms. The molecule has 4 nitrogen and oxygen atoms in total. The first kappa shape index (κ1) is 20.2. The highest BCUT2D eigenvalue weighted by molar-refractivity contribution is 5.89. The van der Waals surface area contributed by atoms with Gasteiger partial charge in [-0.1, -0.05) is 29.8 Å². The quantitative estimate of drug-likeness (QED) is 0.570. The van der Waals surface area contributed by atoms with Gasteiger partial charge in [-0.15, -0.1) is 0 Å². The van der Waals surface area contributed by atoms with E-state index < -0.39 is 0 Å². The molecule has 4 rings (SSSR count). The summed E-state index contributed by atoms with van der Waals surface area (Å²) in [6.45, 7) is 3.78. The maximum Gasteiger partial charge on any atom is 0.132 e. The van der Waals surface area contributed by atoms with Crippen molar-refractivity contribution in [1.82, 2.24) is 4.57 Å². The summed E-state index contributed by atoms with van der Waals surface area (Å²) in [5, 5.41) is 10.8. The minimum Gasteiger partial charge on any atom is -0.490 e. The fourth-order valence-corrected chi connectivity index (χ4v) is 4.67. The van der Waals surface area contributed by atoms with Gasteiger partial charge in [-0.25, -0.2) is 0 Å². The van der Waals surface area contributed by atoms with Crippen molar-refractivity contribution < 1.29 is 9.53 Å². The number of fused-ring (bicyclic) bond motifs is 1. The molecule has 1 saturated carbocycles. The lowest BCUT2D eigenvalue weighted by atomic mass is 9.85. The summed E-state index contributed by atoms with van der Waals surface area (Å²) in [5.41, 5.74) is 5.21. The minimum absolute atomic E-state index is 0.153. The Labute approximate surface area is 178 Å². The van der Waals surface area contributed by atoms with E-state index in [1.807, 2.05) is 25.2 Å². The molecule has 0 aliphatic heterocycles. The molecule has 30 heavy (non-hydrogen) atoms. The van der Waals surface area contributed by atoms with Crippen LogP contribution in [0.4, 0.5) is 0 Å². The van der Waals surface area contributed by atoms with Gasteiger partial charge < -0.3 is 9.30 Å². The van der Waals surface area contributed by atoms with E-state index in [2.05, 4.69) is 41.8 Å². The summed E-state index contributed by atoms with van der Waals surface area (Å²) in [6.07, 6.45) is 4.52. The van der Waals surface area contributed by atoms with Crippen LogP contribution in [-0.4, -0.2) is 16.5 Å². The Bertz CT molecular complexity index is 1130. The zero-order chi connectivity index (χ0) is 21.3. The van der Waals surface area contributed by atoms with Crippen LogP contribution in [0.5, 0.6) is 5.75 Å². The van der Waals surface area contributed by atoms with Crippen molar-refractivity contribution in [1.29, 1.82) is 5.26 Å². The molecule has 3 aromatic rings. The molecular formula is C26H28N2O2. The van der Waals surface area contributed by atoms with Gasteiger partial charge >= 0.3 is 0 Å². The van der Waals surface area contributed by atoms with E-state index in [1.165, 1.54) is 11.1 Å². The number of carbonyl (C=O) groups excluding carboxylic acids is 1. The van der Waals surface area contributed by atoms with Gasteiger partial charge in [-0.2, -0.15) is 5.26 Å². The van der Waals surface area contributed by atoms with Crippen LogP contribution >= 0.6 is 0 Å². The molecule has 0 amide bonds. The van der Waals surface area contributed by atoms with Crippen LogP contribution < -0.4 is 4.74 Å². The average Bonchev–Trinajstić information content (AvgIpc) is 2.99. The molecule has 2 aromatic carbocycles. The number of ether oxygens (including phenoxy) is 1. The molecule has 0 atom stereocenters. The van der Waals surface area contributed by atoms with Crippen molar-refractivity contribution in [2.75, 3.05) is 0 Å². The van der Waals surface area contributed by atoms with Crippen LogP contribution in [0.3, 0.4) is 0 Å². The monoisotopic (exact) mass is 400 g/mol. The van der Waals surface area contributed by atoms with Crippen molar-refractivity contribution in [3.63, 3.8) is 0 Å². The Morgan fingerprint density at radius 2 is 1.93 bits per heavy atom. The zero-order valence-electron chi connectivity index (χ0n) is 17.9. The van der Waals surface area contributed by atoms with Crippen LogP contribution in [0.2, 0.25) is 0 Å². The van der Waals surface area contributed by atoms with Crippen LogP contribution in [0.1, 0.15) is 55.0 Å². The molecule has 1 heterocycles. The third-order valence-corrected chi connectivity index (χ3v) is 6.41. The van der Waals surface area contributed by atoms with Gasteiger partial charge in [0.1, 0.15) is 17.6 Å². The predicted octanol–water partition coefficient (Wildman–Crippen LogP) is 5.48. The Kier molecular flexibility index (Phi) is 5.63. The predicted molar refractivity (Wildman–Crippen MR) is 119 cm³/mol. The number of benzene rings is 2. The second-order valence-corrected chi connectivity index (χ2v) is 8.54. The summed E-state index contributed by atoms with van der Waals surface area (Å²) < 4.78 is 8.38. The van der Waals surface area contributed by atoms with Gasteiger partial charge in [0.15, 0.2) is 0 Å². The van der Waals surface area contributed by atoms with E-state index in [0.717, 1.165) is 60.0 Å². The molecule has 0 saturated heterocycles. The zero-order valence-corrected chi connectivity index (χ0v) is 17.9. The maximum absolute atomic E-state index is 11.6. The Morgan fingerprint density at radius 1 is 1.17 bits per heavy atom. The lowest BCUT2D eigenvalue weighted by Gasteiger charge is -2.27. The standard InChI is InChI=1S/C26H28N2O2/c1-17-5-4-6-19(13-17)14-25-24(16-27)23-12-11-22(15-26(23)28(25)3)30-21-9-7-20(8-10-21)18(2)29/h4-6,11-13,15,20-21H,7-10,14H2,1-3H3. The number of aromatic nitrogens is 1. The van der Waals surface area contributed by atoms with Crippen molar-refractivity contribution >= 4 is 16.7 Å². The average molecular weight is 401 g/mol. The smallest absolute Gasteiger partial charge is 0.132 e. The first-order chi connectivity index (χ1) is 14.5. The summed E-state index contributed by atoms with van der Waals surface area (Å²) in [7, 11) is 2.02. The Balaban J connectivity index is 1.59. The largest absolute Gasteiger partial charge is 0.490 e. The molecule has 0 N–H and O–H groups in total. The van der Waals surface area contributed by atoms with Crippen LogP contribution in [0.15, 0.2) is 42.5 Å². The van der Waals surface area contributed by atoms with Crippen molar-refractivity contribution in [2.24, 2.45) is 13.0 Å². The summed E-state index contributed by atoms with van der Waals surface area (Å²) in [4.78, 5) is 11.6. The Morgan fingerprint density at radius 3 is 2.60 bits per heavy atom. The third-order valence-electron chi connectivity index (χ3n) is 6.41. The number of rotatable bonds is 5. The molecule has 154 valence electrons. The number of nitriles is 1. The normalized spacial score (nSPS) is 18.9. The number of ketones is 1. The molecule has 1 aliphatic rings. The number of hydrogen-bond acceptors (Lipinski definition) is 3. The van der Waals surface area contributed by atoms with Gasteiger partial charge in [-0.05, 0) is 57.2 Å². The number of Topliss-reactive ketones (excluding diaryl/α,β-unsaturated/α-hetero) is 1. The highest BCUT2D eigenvalue weighted by Gasteiger charge is 2.25. The molecule has 0 unspecified atom stereocenters. The van der Waals surface area contributed by atoms with E-state index in [1.54, 1.807) is 6.92 Å². The Hall–Kier alpha value is -3.06. The van der Waals surface area contributed by atoms with E-state index in [-0.39, 0.29) is 12.0 Å². The van der Waals surface area contributed by atoms with Crippen LogP contribution in [0.25, 0.3) is 10.9 Å². The van der Waals surface area contributed by atoms with Crippen LogP contribution in [0, 0.1) is 24.2 Å².